The summed E-state index contributed by atoms with van der Waals surface area (Å²) in [6, 6.07) is 18.4. The Bertz CT molecular complexity index is 868. The topological polar surface area (TPSA) is 43.1 Å². The molecule has 3 rings (SSSR count). The first kappa shape index (κ1) is 16.6. The highest BCUT2D eigenvalue weighted by molar-refractivity contribution is 6.34. The van der Waals surface area contributed by atoms with Gasteiger partial charge in [0.05, 0.1) is 0 Å². The molecule has 4 heteroatoms. The van der Waals surface area contributed by atoms with Crippen LogP contribution in [-0.4, -0.2) is 5.78 Å². The zero-order valence-corrected chi connectivity index (χ0v) is 14.5. The van der Waals surface area contributed by atoms with Gasteiger partial charge in [-0.15, -0.1) is 0 Å². The van der Waals surface area contributed by atoms with Crippen molar-refractivity contribution in [1.29, 1.82) is 0 Å². The Morgan fingerprint density at radius 2 is 1.21 bits per heavy atom. The molecule has 0 bridgehead atoms. The zero-order valence-electron chi connectivity index (χ0n) is 13.0. The number of nitrogens with two attached hydrogens (primary N) is 1. The van der Waals surface area contributed by atoms with Crippen LogP contribution < -0.4 is 5.73 Å². The quantitative estimate of drug-likeness (QED) is 0.454. The summed E-state index contributed by atoms with van der Waals surface area (Å²) in [7, 11) is 0. The first-order valence-electron chi connectivity index (χ1n) is 7.43. The van der Waals surface area contributed by atoms with Gasteiger partial charge < -0.3 is 5.73 Å². The monoisotopic (exact) mass is 355 g/mol. The van der Waals surface area contributed by atoms with Gasteiger partial charge in [-0.25, -0.2) is 0 Å². The highest BCUT2D eigenvalue weighted by atomic mass is 35.5. The number of halogens is 2. The SMILES string of the molecule is CC(=O)c1cc(-c2ccccc2Cl)c(N)c(-c2ccccc2Cl)c1. The van der Waals surface area contributed by atoms with Crippen molar-refractivity contribution in [2.75, 3.05) is 5.73 Å². The molecular weight excluding hydrogens is 341 g/mol. The van der Waals surface area contributed by atoms with E-state index in [-0.39, 0.29) is 5.78 Å². The Labute approximate surface area is 150 Å². The Balaban J connectivity index is 2.34. The third-order valence-electron chi connectivity index (χ3n) is 3.91. The normalized spacial score (nSPS) is 10.6. The molecule has 0 atom stereocenters. The molecule has 0 fully saturated rings. The van der Waals surface area contributed by atoms with Gasteiger partial charge in [0.2, 0.25) is 0 Å². The van der Waals surface area contributed by atoms with Gasteiger partial charge in [-0.2, -0.15) is 0 Å². The van der Waals surface area contributed by atoms with E-state index in [0.29, 0.717) is 21.3 Å². The maximum atomic E-state index is 12.0. The lowest BCUT2D eigenvalue weighted by Gasteiger charge is -2.15. The molecule has 0 aromatic heterocycles. The second-order valence-corrected chi connectivity index (χ2v) is 6.32. The van der Waals surface area contributed by atoms with Gasteiger partial charge in [0.1, 0.15) is 0 Å². The summed E-state index contributed by atoms with van der Waals surface area (Å²) in [6.07, 6.45) is 0. The van der Waals surface area contributed by atoms with Gasteiger partial charge in [0.25, 0.3) is 0 Å². The Kier molecular flexibility index (Phi) is 4.61. The van der Waals surface area contributed by atoms with Crippen LogP contribution in [0.15, 0.2) is 60.7 Å². The fourth-order valence-corrected chi connectivity index (χ4v) is 3.14. The van der Waals surface area contributed by atoms with Gasteiger partial charge in [-0.3, -0.25) is 4.79 Å². The second-order valence-electron chi connectivity index (χ2n) is 5.50. The van der Waals surface area contributed by atoms with Crippen LogP contribution in [0.3, 0.4) is 0 Å². The first-order valence-corrected chi connectivity index (χ1v) is 8.19. The fourth-order valence-electron chi connectivity index (χ4n) is 2.66. The zero-order chi connectivity index (χ0) is 17.3. The van der Waals surface area contributed by atoms with E-state index in [1.165, 1.54) is 6.92 Å². The lowest BCUT2D eigenvalue weighted by Crippen LogP contribution is -2.00. The van der Waals surface area contributed by atoms with Crippen molar-refractivity contribution in [2.45, 2.75) is 6.92 Å². The van der Waals surface area contributed by atoms with Gasteiger partial charge >= 0.3 is 0 Å². The van der Waals surface area contributed by atoms with Crippen LogP contribution >= 0.6 is 23.2 Å². The second kappa shape index (κ2) is 6.68. The van der Waals surface area contributed by atoms with Crippen molar-refractivity contribution in [3.63, 3.8) is 0 Å². The Morgan fingerprint density at radius 3 is 1.58 bits per heavy atom. The number of hydrogen-bond acceptors (Lipinski definition) is 2. The number of carbonyl (C=O) groups is 1. The van der Waals surface area contributed by atoms with E-state index >= 15 is 0 Å². The van der Waals surface area contributed by atoms with Gasteiger partial charge in [0.15, 0.2) is 5.78 Å². The average molecular weight is 356 g/mol. The predicted molar refractivity (Wildman–Crippen MR) is 102 cm³/mol. The van der Waals surface area contributed by atoms with E-state index in [0.717, 1.165) is 22.3 Å². The molecule has 24 heavy (non-hydrogen) atoms. The average Bonchev–Trinajstić information content (AvgIpc) is 2.56. The van der Waals surface area contributed by atoms with Crippen LogP contribution in [0.25, 0.3) is 22.3 Å². The van der Waals surface area contributed by atoms with E-state index in [1.807, 2.05) is 36.4 Å². The summed E-state index contributed by atoms with van der Waals surface area (Å²) in [5.41, 5.74) is 10.6. The van der Waals surface area contributed by atoms with E-state index < -0.39 is 0 Å². The molecule has 2 N–H and O–H groups in total. The summed E-state index contributed by atoms with van der Waals surface area (Å²) in [5.74, 6) is -0.0448. The molecule has 0 aliphatic rings. The molecule has 0 radical (unpaired) electrons. The van der Waals surface area contributed by atoms with Crippen molar-refractivity contribution in [1.82, 2.24) is 0 Å². The van der Waals surface area contributed by atoms with E-state index in [1.54, 1.807) is 24.3 Å². The standard InChI is InChI=1S/C20H15Cl2NO/c1-12(24)13-10-16(14-6-2-4-8-18(14)21)20(23)17(11-13)15-7-3-5-9-19(15)22/h2-11H,23H2,1H3. The number of anilines is 1. The Hall–Kier alpha value is -2.29. The van der Waals surface area contributed by atoms with Crippen molar-refractivity contribution in [2.24, 2.45) is 0 Å². The van der Waals surface area contributed by atoms with Gasteiger partial charge in [-0.1, -0.05) is 59.6 Å². The van der Waals surface area contributed by atoms with Crippen LogP contribution in [0.2, 0.25) is 10.0 Å². The molecule has 120 valence electrons. The molecule has 2 nitrogen and oxygen atoms in total. The van der Waals surface area contributed by atoms with Crippen LogP contribution in [-0.2, 0) is 0 Å². The van der Waals surface area contributed by atoms with Gasteiger partial charge in [-0.05, 0) is 31.2 Å². The lowest BCUT2D eigenvalue weighted by atomic mass is 9.92. The largest absolute Gasteiger partial charge is 0.398 e. The number of rotatable bonds is 3. The van der Waals surface area contributed by atoms with E-state index in [4.69, 9.17) is 28.9 Å². The van der Waals surface area contributed by atoms with Crippen LogP contribution in [0.5, 0.6) is 0 Å². The molecule has 0 saturated heterocycles. The molecule has 0 amide bonds. The highest BCUT2D eigenvalue weighted by Gasteiger charge is 2.16. The van der Waals surface area contributed by atoms with Crippen molar-refractivity contribution in [3.05, 3.63) is 76.3 Å². The number of Topliss-reactive ketones (excluding diaryl/α,β-unsaturated/α-hetero) is 1. The minimum absolute atomic E-state index is 0.0448. The smallest absolute Gasteiger partial charge is 0.159 e. The summed E-state index contributed by atoms with van der Waals surface area (Å²) in [6.45, 7) is 1.53. The lowest BCUT2D eigenvalue weighted by molar-refractivity contribution is 0.101. The molecule has 0 saturated carbocycles. The van der Waals surface area contributed by atoms with Crippen LogP contribution in [0, 0.1) is 0 Å². The summed E-state index contributed by atoms with van der Waals surface area (Å²) < 4.78 is 0. The van der Waals surface area contributed by atoms with E-state index in [2.05, 4.69) is 0 Å². The van der Waals surface area contributed by atoms with Crippen molar-refractivity contribution in [3.8, 4) is 22.3 Å². The van der Waals surface area contributed by atoms with E-state index in [9.17, 15) is 4.79 Å². The number of carbonyl (C=O) groups excluding carboxylic acids is 1. The fraction of sp³-hybridized carbons (Fsp3) is 0.0500. The third kappa shape index (κ3) is 3.03. The summed E-state index contributed by atoms with van der Waals surface area (Å²) in [5, 5.41) is 1.16. The minimum atomic E-state index is -0.0448. The molecule has 0 aliphatic heterocycles. The molecule has 3 aromatic carbocycles. The molecular formula is C20H15Cl2NO. The number of nitrogen functional groups attached to an aromatic ring is 1. The number of benzene rings is 3. The predicted octanol–water partition coefficient (Wildman–Crippen LogP) is 6.11. The highest BCUT2D eigenvalue weighted by Crippen LogP contribution is 2.40. The van der Waals surface area contributed by atoms with Gasteiger partial charge in [0, 0.05) is 43.5 Å². The number of hydrogen-bond donors (Lipinski definition) is 1. The van der Waals surface area contributed by atoms with Crippen LogP contribution in [0.1, 0.15) is 17.3 Å². The molecule has 0 unspecified atom stereocenters. The molecule has 3 aromatic rings. The minimum Gasteiger partial charge on any atom is -0.398 e. The first-order chi connectivity index (χ1) is 11.5. The Morgan fingerprint density at radius 1 is 0.792 bits per heavy atom. The molecule has 0 heterocycles. The maximum absolute atomic E-state index is 12.0. The molecule has 0 spiro atoms. The van der Waals surface area contributed by atoms with Crippen LogP contribution in [0.4, 0.5) is 5.69 Å². The molecule has 0 aliphatic carbocycles. The maximum Gasteiger partial charge on any atom is 0.159 e. The number of ketones is 1. The summed E-state index contributed by atoms with van der Waals surface area (Å²) >= 11 is 12.7. The summed E-state index contributed by atoms with van der Waals surface area (Å²) in [4.78, 5) is 12.0. The third-order valence-corrected chi connectivity index (χ3v) is 4.57. The van der Waals surface area contributed by atoms with Crippen molar-refractivity contribution < 1.29 is 4.79 Å². The van der Waals surface area contributed by atoms with Crippen molar-refractivity contribution >= 4 is 34.7 Å².